The number of carbonyl (C=O) groups excluding carboxylic acids is 1. The molecule has 1 amide bonds. The van der Waals surface area contributed by atoms with Gasteiger partial charge >= 0.3 is 0 Å². The van der Waals surface area contributed by atoms with E-state index in [9.17, 15) is 4.79 Å². The molecular formula is C20H20N4O. The molecule has 0 unspecified atom stereocenters. The summed E-state index contributed by atoms with van der Waals surface area (Å²) in [6, 6.07) is 10.4. The van der Waals surface area contributed by atoms with Crippen LogP contribution in [-0.2, 0) is 5.54 Å². The molecule has 5 nitrogen and oxygen atoms in total. The molecule has 2 aromatic heterocycles. The van der Waals surface area contributed by atoms with Gasteiger partial charge in [-0.2, -0.15) is 5.10 Å². The van der Waals surface area contributed by atoms with Crippen LogP contribution >= 0.6 is 0 Å². The van der Waals surface area contributed by atoms with Crippen LogP contribution in [-0.4, -0.2) is 32.6 Å². The molecular weight excluding hydrogens is 312 g/mol. The molecule has 3 heterocycles. The quantitative estimate of drug-likeness (QED) is 0.741. The molecule has 1 spiro atoms. The zero-order chi connectivity index (χ0) is 17.3. The predicted molar refractivity (Wildman–Crippen MR) is 95.8 cm³/mol. The summed E-state index contributed by atoms with van der Waals surface area (Å²) in [6.07, 6.45) is 4.03. The van der Waals surface area contributed by atoms with Gasteiger partial charge in [-0.15, -0.1) is 0 Å². The van der Waals surface area contributed by atoms with Crippen molar-refractivity contribution in [1.82, 2.24) is 19.7 Å². The van der Waals surface area contributed by atoms with Gasteiger partial charge in [-0.1, -0.05) is 12.1 Å². The molecule has 1 fully saturated rings. The Hall–Kier alpha value is -2.82. The highest BCUT2D eigenvalue weighted by atomic mass is 16.2. The lowest BCUT2D eigenvalue weighted by molar-refractivity contribution is 0.0705. The number of amides is 1. The molecule has 5 heteroatoms. The van der Waals surface area contributed by atoms with Crippen LogP contribution in [0.15, 0.2) is 36.5 Å². The van der Waals surface area contributed by atoms with E-state index in [1.807, 2.05) is 48.7 Å². The van der Waals surface area contributed by atoms with Gasteiger partial charge in [0.05, 0.1) is 16.9 Å². The van der Waals surface area contributed by atoms with Gasteiger partial charge in [-0.3, -0.25) is 9.89 Å². The van der Waals surface area contributed by atoms with Crippen molar-refractivity contribution in [1.29, 1.82) is 0 Å². The third-order valence-corrected chi connectivity index (χ3v) is 5.81. The average Bonchev–Trinajstić information content (AvgIpc) is 3.15. The molecule has 5 rings (SSSR count). The van der Waals surface area contributed by atoms with Crippen LogP contribution in [0.4, 0.5) is 0 Å². The largest absolute Gasteiger partial charge is 0.331 e. The van der Waals surface area contributed by atoms with E-state index in [-0.39, 0.29) is 11.4 Å². The number of aromatic amines is 1. The highest BCUT2D eigenvalue weighted by molar-refractivity contribution is 5.95. The molecule has 1 saturated carbocycles. The molecule has 0 bridgehead atoms. The van der Waals surface area contributed by atoms with E-state index in [4.69, 9.17) is 0 Å². The topological polar surface area (TPSA) is 53.9 Å². The number of hydrogen-bond donors (Lipinski definition) is 1. The zero-order valence-electron chi connectivity index (χ0n) is 14.6. The molecule has 1 aliphatic heterocycles. The van der Waals surface area contributed by atoms with Crippen LogP contribution in [0.2, 0.25) is 0 Å². The minimum absolute atomic E-state index is 0.0934. The summed E-state index contributed by atoms with van der Waals surface area (Å²) < 4.78 is 2.04. The predicted octanol–water partition coefficient (Wildman–Crippen LogP) is 3.56. The Balaban J connectivity index is 1.80. The van der Waals surface area contributed by atoms with E-state index in [2.05, 4.69) is 28.4 Å². The van der Waals surface area contributed by atoms with Crippen molar-refractivity contribution in [2.45, 2.75) is 32.2 Å². The summed E-state index contributed by atoms with van der Waals surface area (Å²) in [5.74, 6) is 0.0934. The van der Waals surface area contributed by atoms with Gasteiger partial charge < -0.3 is 9.47 Å². The number of fused-ring (bicyclic) bond motifs is 4. The maximum atomic E-state index is 12.9. The molecule has 1 N–H and O–H groups in total. The van der Waals surface area contributed by atoms with Crippen LogP contribution in [0.3, 0.4) is 0 Å². The Kier molecular flexibility index (Phi) is 2.69. The van der Waals surface area contributed by atoms with Crippen LogP contribution in [0.1, 0.15) is 40.3 Å². The van der Waals surface area contributed by atoms with Gasteiger partial charge in [-0.25, -0.2) is 0 Å². The van der Waals surface area contributed by atoms with Gasteiger partial charge in [0.2, 0.25) is 0 Å². The molecule has 25 heavy (non-hydrogen) atoms. The normalized spacial score (nSPS) is 17.4. The molecule has 0 saturated heterocycles. The fourth-order valence-corrected chi connectivity index (χ4v) is 4.29. The number of nitrogens with zero attached hydrogens (tertiary/aromatic N) is 3. The second-order valence-electron chi connectivity index (χ2n) is 7.20. The van der Waals surface area contributed by atoms with E-state index in [1.165, 1.54) is 5.56 Å². The number of benzene rings is 1. The smallest absolute Gasteiger partial charge is 0.271 e. The van der Waals surface area contributed by atoms with Crippen molar-refractivity contribution in [3.8, 4) is 16.8 Å². The standard InChI is InChI=1S/C20H20N4O/c1-12-18(13(2)22-21-12)14-6-7-15-17(11-14)24-10-4-5-16(24)19(25)23(3)20(15)8-9-20/h4-7,10-11H,8-9H2,1-3H3,(H,21,22). The highest BCUT2D eigenvalue weighted by Crippen LogP contribution is 2.54. The van der Waals surface area contributed by atoms with E-state index < -0.39 is 0 Å². The van der Waals surface area contributed by atoms with Gasteiger partial charge in [0.1, 0.15) is 5.69 Å². The molecule has 2 aliphatic rings. The Morgan fingerprint density at radius 2 is 2.00 bits per heavy atom. The zero-order valence-corrected chi connectivity index (χ0v) is 14.6. The lowest BCUT2D eigenvalue weighted by atomic mass is 9.96. The summed E-state index contributed by atoms with van der Waals surface area (Å²) >= 11 is 0. The number of nitrogens with one attached hydrogen (secondary N) is 1. The van der Waals surface area contributed by atoms with Crippen molar-refractivity contribution in [2.24, 2.45) is 0 Å². The summed E-state index contributed by atoms with van der Waals surface area (Å²) in [6.45, 7) is 4.06. The third kappa shape index (κ3) is 1.78. The SMILES string of the molecule is Cc1n[nH]c(C)c1-c1ccc2c(c1)-n1cccc1C(=O)N(C)C21CC1. The van der Waals surface area contributed by atoms with Crippen LogP contribution in [0.25, 0.3) is 16.8 Å². The van der Waals surface area contributed by atoms with Crippen LogP contribution < -0.4 is 0 Å². The first kappa shape index (κ1) is 14.5. The number of hydrogen-bond acceptors (Lipinski definition) is 2. The Labute approximate surface area is 146 Å². The second-order valence-corrected chi connectivity index (χ2v) is 7.20. The monoisotopic (exact) mass is 332 g/mol. The molecule has 0 atom stereocenters. The number of aromatic nitrogens is 3. The third-order valence-electron chi connectivity index (χ3n) is 5.81. The summed E-state index contributed by atoms with van der Waals surface area (Å²) in [5.41, 5.74) is 7.25. The highest BCUT2D eigenvalue weighted by Gasteiger charge is 2.53. The molecule has 1 aromatic carbocycles. The first-order valence-electron chi connectivity index (χ1n) is 8.65. The number of carbonyl (C=O) groups is 1. The lowest BCUT2D eigenvalue weighted by Gasteiger charge is -2.27. The van der Waals surface area contributed by atoms with Crippen molar-refractivity contribution < 1.29 is 4.79 Å². The van der Waals surface area contributed by atoms with Gasteiger partial charge in [-0.05, 0) is 50.5 Å². The first-order valence-corrected chi connectivity index (χ1v) is 8.65. The molecule has 126 valence electrons. The first-order chi connectivity index (χ1) is 12.0. The second kappa shape index (κ2) is 4.63. The Bertz CT molecular complexity index is 1000. The van der Waals surface area contributed by atoms with Gasteiger partial charge in [0, 0.05) is 30.1 Å². The van der Waals surface area contributed by atoms with E-state index in [0.717, 1.165) is 46.7 Å². The summed E-state index contributed by atoms with van der Waals surface area (Å²) in [4.78, 5) is 14.9. The molecule has 1 aliphatic carbocycles. The molecule has 3 aromatic rings. The lowest BCUT2D eigenvalue weighted by Crippen LogP contribution is -2.36. The average molecular weight is 332 g/mol. The van der Waals surface area contributed by atoms with Crippen molar-refractivity contribution >= 4 is 5.91 Å². The Morgan fingerprint density at radius 1 is 1.20 bits per heavy atom. The summed E-state index contributed by atoms with van der Waals surface area (Å²) in [7, 11) is 1.93. The van der Waals surface area contributed by atoms with Gasteiger partial charge in [0.25, 0.3) is 5.91 Å². The number of H-pyrrole nitrogens is 1. The number of rotatable bonds is 1. The van der Waals surface area contributed by atoms with Crippen LogP contribution in [0.5, 0.6) is 0 Å². The van der Waals surface area contributed by atoms with E-state index >= 15 is 0 Å². The van der Waals surface area contributed by atoms with E-state index in [1.54, 1.807) is 0 Å². The summed E-state index contributed by atoms with van der Waals surface area (Å²) in [5, 5.41) is 7.39. The van der Waals surface area contributed by atoms with Crippen molar-refractivity contribution in [2.75, 3.05) is 7.05 Å². The minimum atomic E-state index is -0.148. The van der Waals surface area contributed by atoms with Crippen LogP contribution in [0, 0.1) is 13.8 Å². The maximum Gasteiger partial charge on any atom is 0.271 e. The van der Waals surface area contributed by atoms with E-state index in [0.29, 0.717) is 0 Å². The number of aryl methyl sites for hydroxylation is 2. The van der Waals surface area contributed by atoms with Gasteiger partial charge in [0.15, 0.2) is 0 Å². The van der Waals surface area contributed by atoms with Crippen molar-refractivity contribution in [3.05, 3.63) is 59.2 Å². The Morgan fingerprint density at radius 3 is 2.68 bits per heavy atom. The van der Waals surface area contributed by atoms with Crippen molar-refractivity contribution in [3.63, 3.8) is 0 Å². The fraction of sp³-hybridized carbons (Fsp3) is 0.300. The minimum Gasteiger partial charge on any atom is -0.331 e. The molecule has 0 radical (unpaired) electrons. The fourth-order valence-electron chi connectivity index (χ4n) is 4.29. The maximum absolute atomic E-state index is 12.9.